The van der Waals surface area contributed by atoms with Gasteiger partial charge in [-0.2, -0.15) is 0 Å². The summed E-state index contributed by atoms with van der Waals surface area (Å²) < 4.78 is 45.6. The molecule has 0 aliphatic rings. The summed E-state index contributed by atoms with van der Waals surface area (Å²) in [5.41, 5.74) is 0. The lowest BCUT2D eigenvalue weighted by Crippen LogP contribution is -2.35. The lowest BCUT2D eigenvalue weighted by Gasteiger charge is -2.06. The number of hydrogen-bond acceptors (Lipinski definition) is 5. The zero-order valence-electron chi connectivity index (χ0n) is 8.85. The predicted octanol–water partition coefficient (Wildman–Crippen LogP) is -0.867. The van der Waals surface area contributed by atoms with Crippen molar-refractivity contribution in [1.82, 2.24) is 4.72 Å². The van der Waals surface area contributed by atoms with Gasteiger partial charge in [-0.15, -0.1) is 0 Å². The average Bonchev–Trinajstić information content (AvgIpc) is 1.95. The van der Waals surface area contributed by atoms with Crippen LogP contribution in [0.4, 0.5) is 0 Å². The minimum absolute atomic E-state index is 0.285. The monoisotopic (exact) mass is 257 g/mol. The number of nitrogens with one attached hydrogen (secondary N) is 1. The van der Waals surface area contributed by atoms with Crippen LogP contribution in [0.1, 0.15) is 13.8 Å². The Morgan fingerprint density at radius 1 is 1.20 bits per heavy atom. The SMILES string of the molecule is CC(C)C(=O)CNS(=O)(=O)CS(C)(=O)=O. The van der Waals surface area contributed by atoms with E-state index in [0.29, 0.717) is 0 Å². The van der Waals surface area contributed by atoms with Gasteiger partial charge in [-0.3, -0.25) is 4.79 Å². The van der Waals surface area contributed by atoms with Crippen LogP contribution in [0.2, 0.25) is 0 Å². The highest BCUT2D eigenvalue weighted by molar-refractivity contribution is 8.06. The lowest BCUT2D eigenvalue weighted by molar-refractivity contribution is -0.120. The minimum atomic E-state index is -3.93. The molecular formula is C7H15NO5S2. The first-order valence-corrected chi connectivity index (χ1v) is 7.92. The van der Waals surface area contributed by atoms with E-state index in [1.165, 1.54) is 0 Å². The third-order valence-electron chi connectivity index (χ3n) is 1.48. The summed E-state index contributed by atoms with van der Waals surface area (Å²) in [5, 5.41) is -0.995. The molecule has 0 aliphatic carbocycles. The number of sulfonamides is 1. The van der Waals surface area contributed by atoms with Crippen LogP contribution in [0.5, 0.6) is 0 Å². The van der Waals surface area contributed by atoms with Crippen LogP contribution < -0.4 is 4.72 Å². The molecule has 0 spiro atoms. The van der Waals surface area contributed by atoms with Crippen LogP contribution in [0, 0.1) is 5.92 Å². The summed E-state index contributed by atoms with van der Waals surface area (Å²) in [5.74, 6) is -0.571. The molecule has 90 valence electrons. The van der Waals surface area contributed by atoms with Crippen molar-refractivity contribution in [3.8, 4) is 0 Å². The molecule has 8 heteroatoms. The highest BCUT2D eigenvalue weighted by Crippen LogP contribution is 1.95. The number of Topliss-reactive ketones (excluding diaryl/α,β-unsaturated/α-hetero) is 1. The first-order valence-electron chi connectivity index (χ1n) is 4.21. The lowest BCUT2D eigenvalue weighted by atomic mass is 10.1. The number of sulfone groups is 1. The van der Waals surface area contributed by atoms with Gasteiger partial charge in [0.15, 0.2) is 14.9 Å². The van der Waals surface area contributed by atoms with E-state index >= 15 is 0 Å². The van der Waals surface area contributed by atoms with E-state index in [1.807, 2.05) is 4.72 Å². The summed E-state index contributed by atoms with van der Waals surface area (Å²) in [6, 6.07) is 0. The fourth-order valence-electron chi connectivity index (χ4n) is 0.709. The fraction of sp³-hybridized carbons (Fsp3) is 0.857. The first-order chi connectivity index (χ1) is 6.53. The van der Waals surface area contributed by atoms with Gasteiger partial charge >= 0.3 is 0 Å². The summed E-state index contributed by atoms with van der Waals surface area (Å²) in [7, 11) is -7.54. The van der Waals surface area contributed by atoms with E-state index in [9.17, 15) is 21.6 Å². The molecule has 15 heavy (non-hydrogen) atoms. The third-order valence-corrected chi connectivity index (χ3v) is 5.02. The Bertz CT molecular complexity index is 420. The molecule has 0 bridgehead atoms. The van der Waals surface area contributed by atoms with Gasteiger partial charge in [-0.05, 0) is 0 Å². The van der Waals surface area contributed by atoms with Crippen LogP contribution in [0.3, 0.4) is 0 Å². The second-order valence-corrected chi connectivity index (χ2v) is 7.91. The smallest absolute Gasteiger partial charge is 0.226 e. The topological polar surface area (TPSA) is 97.4 Å². The van der Waals surface area contributed by atoms with Gasteiger partial charge in [0.05, 0.1) is 6.54 Å². The molecule has 0 atom stereocenters. The van der Waals surface area contributed by atoms with E-state index < -0.39 is 24.9 Å². The molecule has 0 aliphatic heterocycles. The Morgan fingerprint density at radius 2 is 1.67 bits per heavy atom. The van der Waals surface area contributed by atoms with Crippen molar-refractivity contribution in [2.45, 2.75) is 13.8 Å². The molecule has 0 radical (unpaired) electrons. The van der Waals surface area contributed by atoms with Crippen LogP contribution in [0.15, 0.2) is 0 Å². The second-order valence-electron chi connectivity index (χ2n) is 3.60. The van der Waals surface area contributed by atoms with Gasteiger partial charge < -0.3 is 0 Å². The standard InChI is InChI=1S/C7H15NO5S2/c1-6(2)7(9)4-8-15(12,13)5-14(3,10)11/h6,8H,4-5H2,1-3H3. The molecule has 0 aromatic rings. The molecule has 0 aromatic carbocycles. The third kappa shape index (κ3) is 7.46. The number of ketones is 1. The summed E-state index contributed by atoms with van der Waals surface area (Å²) >= 11 is 0. The molecule has 0 fully saturated rings. The van der Waals surface area contributed by atoms with Crippen molar-refractivity contribution >= 4 is 25.6 Å². The van der Waals surface area contributed by atoms with Gasteiger partial charge in [0, 0.05) is 12.2 Å². The van der Waals surface area contributed by atoms with E-state index in [1.54, 1.807) is 13.8 Å². The Hall–Kier alpha value is -0.470. The van der Waals surface area contributed by atoms with E-state index in [2.05, 4.69) is 0 Å². The van der Waals surface area contributed by atoms with E-state index in [4.69, 9.17) is 0 Å². The quantitative estimate of drug-likeness (QED) is 0.667. The molecule has 0 unspecified atom stereocenters. The number of carbonyl (C=O) groups is 1. The number of carbonyl (C=O) groups excluding carboxylic acids is 1. The van der Waals surface area contributed by atoms with Gasteiger partial charge in [0.1, 0.15) is 5.78 Å². The molecule has 0 saturated carbocycles. The minimum Gasteiger partial charge on any atom is -0.298 e. The maximum Gasteiger partial charge on any atom is 0.226 e. The van der Waals surface area contributed by atoms with Crippen molar-refractivity contribution < 1.29 is 21.6 Å². The van der Waals surface area contributed by atoms with E-state index in [-0.39, 0.29) is 18.2 Å². The van der Waals surface area contributed by atoms with Crippen molar-refractivity contribution in [3.63, 3.8) is 0 Å². The van der Waals surface area contributed by atoms with Gasteiger partial charge in [-0.25, -0.2) is 21.6 Å². The largest absolute Gasteiger partial charge is 0.298 e. The van der Waals surface area contributed by atoms with Gasteiger partial charge in [-0.1, -0.05) is 13.8 Å². The van der Waals surface area contributed by atoms with Crippen molar-refractivity contribution in [2.75, 3.05) is 17.9 Å². The molecule has 0 aromatic heterocycles. The first kappa shape index (κ1) is 14.5. The maximum absolute atomic E-state index is 11.1. The Morgan fingerprint density at radius 3 is 2.00 bits per heavy atom. The Kier molecular flexibility index (Phi) is 4.88. The molecule has 1 N–H and O–H groups in total. The van der Waals surface area contributed by atoms with Crippen molar-refractivity contribution in [1.29, 1.82) is 0 Å². The Labute approximate surface area is 90.0 Å². The molecule has 6 nitrogen and oxygen atoms in total. The fourth-order valence-corrected chi connectivity index (χ4v) is 3.66. The maximum atomic E-state index is 11.1. The van der Waals surface area contributed by atoms with Gasteiger partial charge in [0.2, 0.25) is 10.0 Å². The average molecular weight is 257 g/mol. The zero-order chi connectivity index (χ0) is 12.3. The van der Waals surface area contributed by atoms with Crippen molar-refractivity contribution in [2.24, 2.45) is 5.92 Å². The van der Waals surface area contributed by atoms with Crippen LogP contribution in [-0.4, -0.2) is 40.5 Å². The predicted molar refractivity (Wildman–Crippen MR) is 56.5 cm³/mol. The number of rotatable bonds is 6. The van der Waals surface area contributed by atoms with Crippen LogP contribution in [0.25, 0.3) is 0 Å². The summed E-state index contributed by atoms with van der Waals surface area (Å²) in [6.45, 7) is 2.90. The summed E-state index contributed by atoms with van der Waals surface area (Å²) in [6.07, 6.45) is 0.816. The molecule has 0 saturated heterocycles. The summed E-state index contributed by atoms with van der Waals surface area (Å²) in [4.78, 5) is 11.1. The molecule has 0 rings (SSSR count). The zero-order valence-corrected chi connectivity index (χ0v) is 10.5. The molecule has 0 amide bonds. The van der Waals surface area contributed by atoms with Crippen molar-refractivity contribution in [3.05, 3.63) is 0 Å². The highest BCUT2D eigenvalue weighted by Gasteiger charge is 2.19. The highest BCUT2D eigenvalue weighted by atomic mass is 32.3. The van der Waals surface area contributed by atoms with Crippen LogP contribution >= 0.6 is 0 Å². The second kappa shape index (κ2) is 5.04. The van der Waals surface area contributed by atoms with Gasteiger partial charge in [0.25, 0.3) is 0 Å². The van der Waals surface area contributed by atoms with E-state index in [0.717, 1.165) is 6.26 Å². The van der Waals surface area contributed by atoms with Crippen LogP contribution in [-0.2, 0) is 24.7 Å². The molecular weight excluding hydrogens is 242 g/mol. The Balaban J connectivity index is 4.37. The molecule has 0 heterocycles. The number of hydrogen-bond donors (Lipinski definition) is 1. The normalized spacial score (nSPS) is 13.1.